The van der Waals surface area contributed by atoms with Crippen molar-refractivity contribution in [2.24, 2.45) is 0 Å². The van der Waals surface area contributed by atoms with E-state index in [2.05, 4.69) is 15.6 Å². The van der Waals surface area contributed by atoms with Gasteiger partial charge in [0, 0.05) is 11.6 Å². The van der Waals surface area contributed by atoms with Crippen LogP contribution in [0.1, 0.15) is 11.4 Å². The molecule has 2 aromatic carbocycles. The van der Waals surface area contributed by atoms with Crippen molar-refractivity contribution in [3.63, 3.8) is 0 Å². The van der Waals surface area contributed by atoms with E-state index in [1.165, 1.54) is 0 Å². The first kappa shape index (κ1) is 12.7. The molecule has 0 bridgehead atoms. The zero-order valence-corrected chi connectivity index (χ0v) is 11.5. The maximum atomic E-state index is 8.95. The molecule has 0 aliphatic rings. The smallest absolute Gasteiger partial charge is 0.124 e. The van der Waals surface area contributed by atoms with Crippen molar-refractivity contribution >= 4 is 22.6 Å². The molecule has 0 spiro atoms. The molecule has 20 heavy (non-hydrogen) atoms. The van der Waals surface area contributed by atoms with Gasteiger partial charge in [-0.1, -0.05) is 35.9 Å². The summed E-state index contributed by atoms with van der Waals surface area (Å²) in [5.74, 6) is 0.795. The van der Waals surface area contributed by atoms with Gasteiger partial charge in [-0.05, 0) is 29.8 Å². The van der Waals surface area contributed by atoms with Crippen molar-refractivity contribution in [1.82, 2.24) is 9.55 Å². The Morgan fingerprint density at radius 2 is 1.85 bits per heavy atom. The summed E-state index contributed by atoms with van der Waals surface area (Å²) in [6, 6.07) is 17.8. The number of hydrogen-bond donors (Lipinski definition) is 0. The normalized spacial score (nSPS) is 10.6. The highest BCUT2D eigenvalue weighted by atomic mass is 35.5. The zero-order valence-electron chi connectivity index (χ0n) is 10.8. The van der Waals surface area contributed by atoms with Crippen LogP contribution in [0.5, 0.6) is 0 Å². The SMILES string of the molecule is N#CCc1nc2ccccc2n1Cc1ccc(Cl)cc1. The van der Waals surface area contributed by atoms with Crippen LogP contribution in [-0.2, 0) is 13.0 Å². The first-order valence-corrected chi connectivity index (χ1v) is 6.71. The fraction of sp³-hybridized carbons (Fsp3) is 0.125. The summed E-state index contributed by atoms with van der Waals surface area (Å²) in [5, 5.41) is 9.67. The Kier molecular flexibility index (Phi) is 3.41. The van der Waals surface area contributed by atoms with Gasteiger partial charge in [0.2, 0.25) is 0 Å². The number of hydrogen-bond acceptors (Lipinski definition) is 2. The van der Waals surface area contributed by atoms with Gasteiger partial charge in [-0.3, -0.25) is 0 Å². The zero-order chi connectivity index (χ0) is 13.9. The van der Waals surface area contributed by atoms with Gasteiger partial charge in [0.1, 0.15) is 5.82 Å². The monoisotopic (exact) mass is 281 g/mol. The average Bonchev–Trinajstić information content (AvgIpc) is 2.80. The highest BCUT2D eigenvalue weighted by Gasteiger charge is 2.10. The molecule has 1 heterocycles. The molecule has 0 fully saturated rings. The lowest BCUT2D eigenvalue weighted by atomic mass is 10.2. The molecule has 4 heteroatoms. The minimum Gasteiger partial charge on any atom is -0.323 e. The number of fused-ring (bicyclic) bond motifs is 1. The van der Waals surface area contributed by atoms with Crippen LogP contribution in [0.2, 0.25) is 5.02 Å². The minimum atomic E-state index is 0.308. The van der Waals surface area contributed by atoms with E-state index in [1.54, 1.807) is 0 Å². The summed E-state index contributed by atoms with van der Waals surface area (Å²) in [5.41, 5.74) is 3.11. The third-order valence-electron chi connectivity index (χ3n) is 3.22. The predicted octanol–water partition coefficient (Wildman–Crippen LogP) is 3.80. The molecule has 0 aliphatic carbocycles. The van der Waals surface area contributed by atoms with Crippen LogP contribution in [0, 0.1) is 11.3 Å². The molecule has 1 aromatic heterocycles. The molecule has 3 nitrogen and oxygen atoms in total. The summed E-state index contributed by atoms with van der Waals surface area (Å²) < 4.78 is 2.09. The number of benzene rings is 2. The molecular weight excluding hydrogens is 270 g/mol. The maximum Gasteiger partial charge on any atom is 0.124 e. The second-order valence-electron chi connectivity index (χ2n) is 4.56. The van der Waals surface area contributed by atoms with Crippen LogP contribution < -0.4 is 0 Å². The summed E-state index contributed by atoms with van der Waals surface area (Å²) in [4.78, 5) is 4.53. The third-order valence-corrected chi connectivity index (χ3v) is 3.48. The van der Waals surface area contributed by atoms with Crippen molar-refractivity contribution in [3.8, 4) is 6.07 Å². The van der Waals surface area contributed by atoms with Crippen molar-refractivity contribution in [2.45, 2.75) is 13.0 Å². The van der Waals surface area contributed by atoms with E-state index in [1.807, 2.05) is 48.5 Å². The van der Waals surface area contributed by atoms with Gasteiger partial charge in [-0.25, -0.2) is 4.98 Å². The van der Waals surface area contributed by atoms with Crippen molar-refractivity contribution in [1.29, 1.82) is 5.26 Å². The molecule has 3 rings (SSSR count). The van der Waals surface area contributed by atoms with Gasteiger partial charge in [0.15, 0.2) is 0 Å². The summed E-state index contributed by atoms with van der Waals surface area (Å²) in [7, 11) is 0. The summed E-state index contributed by atoms with van der Waals surface area (Å²) in [6.45, 7) is 0.689. The predicted molar refractivity (Wildman–Crippen MR) is 79.6 cm³/mol. The Morgan fingerprint density at radius 1 is 1.10 bits per heavy atom. The van der Waals surface area contributed by atoms with E-state index < -0.39 is 0 Å². The number of nitrogens with zero attached hydrogens (tertiary/aromatic N) is 3. The summed E-state index contributed by atoms with van der Waals surface area (Å²) >= 11 is 5.91. The van der Waals surface area contributed by atoms with Gasteiger partial charge < -0.3 is 4.57 Å². The van der Waals surface area contributed by atoms with E-state index in [9.17, 15) is 0 Å². The largest absolute Gasteiger partial charge is 0.323 e. The van der Waals surface area contributed by atoms with Gasteiger partial charge >= 0.3 is 0 Å². The number of imidazole rings is 1. The fourth-order valence-electron chi connectivity index (χ4n) is 2.28. The Labute approximate surface area is 122 Å². The number of aromatic nitrogens is 2. The Bertz CT molecular complexity index is 782. The molecule has 0 saturated heterocycles. The molecule has 0 unspecified atom stereocenters. The Balaban J connectivity index is 2.06. The number of para-hydroxylation sites is 2. The van der Waals surface area contributed by atoms with Crippen LogP contribution >= 0.6 is 11.6 Å². The topological polar surface area (TPSA) is 41.6 Å². The van der Waals surface area contributed by atoms with Crippen LogP contribution in [-0.4, -0.2) is 9.55 Å². The molecule has 0 N–H and O–H groups in total. The average molecular weight is 282 g/mol. The number of halogens is 1. The highest BCUT2D eigenvalue weighted by Crippen LogP contribution is 2.19. The number of rotatable bonds is 3. The Morgan fingerprint density at radius 3 is 2.60 bits per heavy atom. The molecule has 3 aromatic rings. The van der Waals surface area contributed by atoms with Gasteiger partial charge in [-0.15, -0.1) is 0 Å². The molecule has 0 atom stereocenters. The maximum absolute atomic E-state index is 8.95. The van der Waals surface area contributed by atoms with Crippen molar-refractivity contribution in [3.05, 3.63) is 64.9 Å². The molecule has 0 radical (unpaired) electrons. The molecular formula is C16H12ClN3. The van der Waals surface area contributed by atoms with E-state index in [0.29, 0.717) is 13.0 Å². The van der Waals surface area contributed by atoms with Gasteiger partial charge in [0.25, 0.3) is 0 Å². The van der Waals surface area contributed by atoms with Gasteiger partial charge in [0.05, 0.1) is 23.5 Å². The lowest BCUT2D eigenvalue weighted by Crippen LogP contribution is -2.04. The molecule has 0 amide bonds. The second-order valence-corrected chi connectivity index (χ2v) is 5.00. The molecule has 0 saturated carbocycles. The molecule has 0 aliphatic heterocycles. The molecule has 98 valence electrons. The van der Waals surface area contributed by atoms with E-state index >= 15 is 0 Å². The lowest BCUT2D eigenvalue weighted by Gasteiger charge is -2.08. The van der Waals surface area contributed by atoms with E-state index in [-0.39, 0.29) is 0 Å². The van der Waals surface area contributed by atoms with E-state index in [4.69, 9.17) is 16.9 Å². The van der Waals surface area contributed by atoms with Crippen LogP contribution in [0.3, 0.4) is 0 Å². The first-order chi connectivity index (χ1) is 9.78. The van der Waals surface area contributed by atoms with Crippen LogP contribution in [0.4, 0.5) is 0 Å². The lowest BCUT2D eigenvalue weighted by molar-refractivity contribution is 0.769. The standard InChI is InChI=1S/C16H12ClN3/c17-13-7-5-12(6-8-13)11-20-15-4-2-1-3-14(15)19-16(20)9-10-18/h1-8H,9,11H2. The fourth-order valence-corrected chi connectivity index (χ4v) is 2.41. The van der Waals surface area contributed by atoms with Crippen molar-refractivity contribution < 1.29 is 0 Å². The third kappa shape index (κ3) is 2.38. The van der Waals surface area contributed by atoms with Crippen molar-refractivity contribution in [2.75, 3.05) is 0 Å². The quantitative estimate of drug-likeness (QED) is 0.733. The highest BCUT2D eigenvalue weighted by molar-refractivity contribution is 6.30. The second kappa shape index (κ2) is 5.36. The van der Waals surface area contributed by atoms with Gasteiger partial charge in [-0.2, -0.15) is 5.26 Å². The van der Waals surface area contributed by atoms with E-state index in [0.717, 1.165) is 27.4 Å². The minimum absolute atomic E-state index is 0.308. The Hall–Kier alpha value is -2.31. The van der Waals surface area contributed by atoms with Crippen LogP contribution in [0.15, 0.2) is 48.5 Å². The number of nitriles is 1. The summed E-state index contributed by atoms with van der Waals surface area (Å²) in [6.07, 6.45) is 0.308. The van der Waals surface area contributed by atoms with Crippen LogP contribution in [0.25, 0.3) is 11.0 Å². The first-order valence-electron chi connectivity index (χ1n) is 6.33.